The molecular formula is C16H19NOS. The van der Waals surface area contributed by atoms with E-state index in [4.69, 9.17) is 0 Å². The normalized spacial score (nSPS) is 27.3. The van der Waals surface area contributed by atoms with Gasteiger partial charge in [0.15, 0.2) is 0 Å². The molecule has 0 bridgehead atoms. The molecule has 2 nitrogen and oxygen atoms in total. The smallest absolute Gasteiger partial charge is 0.102 e. The number of hydrogen-bond acceptors (Lipinski definition) is 3. The Kier molecular flexibility index (Phi) is 3.67. The second-order valence-electron chi connectivity index (χ2n) is 5.37. The Bertz CT molecular complexity index is 511. The molecule has 19 heavy (non-hydrogen) atoms. The van der Waals surface area contributed by atoms with Gasteiger partial charge in [-0.1, -0.05) is 25.0 Å². The molecule has 1 saturated carbocycles. The molecule has 0 saturated heterocycles. The Morgan fingerprint density at radius 3 is 2.95 bits per heavy atom. The lowest BCUT2D eigenvalue weighted by Crippen LogP contribution is -2.38. The summed E-state index contributed by atoms with van der Waals surface area (Å²) in [7, 11) is 0. The van der Waals surface area contributed by atoms with Gasteiger partial charge in [0.25, 0.3) is 0 Å². The molecule has 0 spiro atoms. The molecule has 0 amide bonds. The van der Waals surface area contributed by atoms with Gasteiger partial charge in [-0.05, 0) is 48.8 Å². The van der Waals surface area contributed by atoms with Crippen LogP contribution < -0.4 is 0 Å². The minimum Gasteiger partial charge on any atom is -0.384 e. The predicted octanol–water partition coefficient (Wildman–Crippen LogP) is 3.76. The van der Waals surface area contributed by atoms with Crippen molar-refractivity contribution in [2.24, 2.45) is 5.92 Å². The summed E-state index contributed by atoms with van der Waals surface area (Å²) in [5.41, 5.74) is 0.439. The van der Waals surface area contributed by atoms with Gasteiger partial charge in [-0.2, -0.15) is 0 Å². The lowest BCUT2D eigenvalue weighted by Gasteiger charge is -2.39. The van der Waals surface area contributed by atoms with Crippen LogP contribution in [0.2, 0.25) is 0 Å². The summed E-state index contributed by atoms with van der Waals surface area (Å²) < 4.78 is 0. The van der Waals surface area contributed by atoms with Gasteiger partial charge in [-0.25, -0.2) is 0 Å². The largest absolute Gasteiger partial charge is 0.384 e. The van der Waals surface area contributed by atoms with Crippen LogP contribution in [0.1, 0.15) is 36.3 Å². The number of aliphatic hydroxyl groups is 1. The summed E-state index contributed by atoms with van der Waals surface area (Å²) in [4.78, 5) is 5.53. The Hall–Kier alpha value is -1.19. The Morgan fingerprint density at radius 1 is 1.26 bits per heavy atom. The van der Waals surface area contributed by atoms with Gasteiger partial charge in [0, 0.05) is 16.8 Å². The highest BCUT2D eigenvalue weighted by molar-refractivity contribution is 7.10. The molecule has 1 N–H and O–H groups in total. The first-order valence-corrected chi connectivity index (χ1v) is 7.83. The molecule has 100 valence electrons. The summed E-state index contributed by atoms with van der Waals surface area (Å²) >= 11 is 1.67. The van der Waals surface area contributed by atoms with E-state index in [1.807, 2.05) is 24.4 Å². The number of pyridine rings is 1. The number of nitrogens with zero attached hydrogens (tertiary/aromatic N) is 1. The second-order valence-corrected chi connectivity index (χ2v) is 6.32. The van der Waals surface area contributed by atoms with E-state index >= 15 is 0 Å². The lowest BCUT2D eigenvalue weighted by atomic mass is 9.72. The summed E-state index contributed by atoms with van der Waals surface area (Å²) in [5, 5.41) is 13.2. The highest BCUT2D eigenvalue weighted by Gasteiger charge is 2.41. The van der Waals surface area contributed by atoms with Crippen LogP contribution >= 0.6 is 11.3 Å². The molecule has 0 aliphatic heterocycles. The summed E-state index contributed by atoms with van der Waals surface area (Å²) in [6, 6.07) is 10.1. The van der Waals surface area contributed by atoms with Gasteiger partial charge in [0.05, 0.1) is 0 Å². The number of aromatic nitrogens is 1. The molecule has 2 atom stereocenters. The first-order chi connectivity index (χ1) is 9.29. The van der Waals surface area contributed by atoms with Crippen LogP contribution in [-0.4, -0.2) is 10.1 Å². The standard InChI is InChI=1S/C16H19NOS/c18-16(15-8-5-11-19-15)9-3-1-6-13(16)12-14-7-2-4-10-17-14/h2,4-5,7-8,10-11,13,18H,1,3,6,9,12H2/t13-,16-/m1/s1. The predicted molar refractivity (Wildman–Crippen MR) is 78.1 cm³/mol. The van der Waals surface area contributed by atoms with Crippen molar-refractivity contribution in [3.8, 4) is 0 Å². The van der Waals surface area contributed by atoms with Gasteiger partial charge in [0.2, 0.25) is 0 Å². The van der Waals surface area contributed by atoms with E-state index in [-0.39, 0.29) is 5.92 Å². The van der Waals surface area contributed by atoms with Crippen LogP contribution in [0.5, 0.6) is 0 Å². The first-order valence-electron chi connectivity index (χ1n) is 6.95. The molecule has 0 aromatic carbocycles. The third-order valence-corrected chi connectivity index (χ3v) is 5.20. The molecule has 2 aromatic rings. The maximum atomic E-state index is 11.1. The van der Waals surface area contributed by atoms with Crippen LogP contribution in [0, 0.1) is 5.92 Å². The summed E-state index contributed by atoms with van der Waals surface area (Å²) in [6.07, 6.45) is 7.01. The molecule has 2 aromatic heterocycles. The molecule has 3 rings (SSSR count). The molecule has 1 fully saturated rings. The fourth-order valence-electron chi connectivity index (χ4n) is 3.12. The SMILES string of the molecule is O[C@]1(c2cccs2)CCCC[C@@H]1Cc1ccccn1. The number of rotatable bonds is 3. The average Bonchev–Trinajstić information content (AvgIpc) is 2.97. The van der Waals surface area contributed by atoms with Crippen molar-refractivity contribution in [2.45, 2.75) is 37.7 Å². The minimum atomic E-state index is -0.649. The van der Waals surface area contributed by atoms with Gasteiger partial charge < -0.3 is 5.11 Å². The molecule has 0 unspecified atom stereocenters. The minimum absolute atomic E-state index is 0.287. The van der Waals surface area contributed by atoms with Gasteiger partial charge in [-0.15, -0.1) is 11.3 Å². The summed E-state index contributed by atoms with van der Waals surface area (Å²) in [5.74, 6) is 0.287. The zero-order chi connectivity index (χ0) is 13.1. The Labute approximate surface area is 118 Å². The third-order valence-electron chi connectivity index (χ3n) is 4.17. The number of thiophene rings is 1. The van der Waals surface area contributed by atoms with Crippen molar-refractivity contribution >= 4 is 11.3 Å². The maximum Gasteiger partial charge on any atom is 0.102 e. The Balaban J connectivity index is 1.85. The van der Waals surface area contributed by atoms with Gasteiger partial charge in [-0.3, -0.25) is 4.98 Å². The average molecular weight is 273 g/mol. The lowest BCUT2D eigenvalue weighted by molar-refractivity contribution is -0.0514. The molecule has 0 radical (unpaired) electrons. The fraction of sp³-hybridized carbons (Fsp3) is 0.438. The van der Waals surface area contributed by atoms with E-state index in [9.17, 15) is 5.11 Å². The van der Waals surface area contributed by atoms with E-state index in [1.54, 1.807) is 11.3 Å². The number of hydrogen-bond donors (Lipinski definition) is 1. The molecule has 3 heteroatoms. The molecule has 1 aliphatic carbocycles. The van der Waals surface area contributed by atoms with Crippen molar-refractivity contribution in [1.29, 1.82) is 0 Å². The zero-order valence-corrected chi connectivity index (χ0v) is 11.8. The van der Waals surface area contributed by atoms with Crippen molar-refractivity contribution in [2.75, 3.05) is 0 Å². The quantitative estimate of drug-likeness (QED) is 0.923. The van der Waals surface area contributed by atoms with E-state index in [0.717, 1.165) is 36.3 Å². The van der Waals surface area contributed by atoms with Crippen molar-refractivity contribution in [1.82, 2.24) is 4.98 Å². The summed E-state index contributed by atoms with van der Waals surface area (Å²) in [6.45, 7) is 0. The van der Waals surface area contributed by atoms with Crippen molar-refractivity contribution in [3.63, 3.8) is 0 Å². The highest BCUT2D eigenvalue weighted by atomic mass is 32.1. The van der Waals surface area contributed by atoms with Crippen LogP contribution in [0.4, 0.5) is 0 Å². The van der Waals surface area contributed by atoms with Gasteiger partial charge >= 0.3 is 0 Å². The van der Waals surface area contributed by atoms with E-state index in [1.165, 1.54) is 6.42 Å². The molecule has 2 heterocycles. The zero-order valence-electron chi connectivity index (χ0n) is 11.0. The van der Waals surface area contributed by atoms with Gasteiger partial charge in [0.1, 0.15) is 5.60 Å². The van der Waals surface area contributed by atoms with Crippen LogP contribution in [0.15, 0.2) is 41.9 Å². The monoisotopic (exact) mass is 273 g/mol. The van der Waals surface area contributed by atoms with E-state index in [0.29, 0.717) is 0 Å². The third kappa shape index (κ3) is 2.58. The Morgan fingerprint density at radius 2 is 2.21 bits per heavy atom. The van der Waals surface area contributed by atoms with E-state index in [2.05, 4.69) is 22.5 Å². The van der Waals surface area contributed by atoms with Crippen molar-refractivity contribution in [3.05, 3.63) is 52.5 Å². The highest BCUT2D eigenvalue weighted by Crippen LogP contribution is 2.44. The molecular weight excluding hydrogens is 254 g/mol. The fourth-order valence-corrected chi connectivity index (χ4v) is 4.05. The molecule has 1 aliphatic rings. The maximum absolute atomic E-state index is 11.1. The van der Waals surface area contributed by atoms with Crippen LogP contribution in [-0.2, 0) is 12.0 Å². The van der Waals surface area contributed by atoms with Crippen LogP contribution in [0.3, 0.4) is 0 Å². The second kappa shape index (κ2) is 5.43. The van der Waals surface area contributed by atoms with Crippen molar-refractivity contribution < 1.29 is 5.11 Å². The van der Waals surface area contributed by atoms with Crippen LogP contribution in [0.25, 0.3) is 0 Å². The topological polar surface area (TPSA) is 33.1 Å². The first kappa shape index (κ1) is 12.8. The van der Waals surface area contributed by atoms with E-state index < -0.39 is 5.60 Å².